The molecule has 0 fully saturated rings. The van der Waals surface area contributed by atoms with Crippen LogP contribution in [0.2, 0.25) is 0 Å². The van der Waals surface area contributed by atoms with Crippen molar-refractivity contribution < 1.29 is 14.3 Å². The zero-order valence-electron chi connectivity index (χ0n) is 18.1. The number of carbonyl (C=O) groups excluding carboxylic acids is 1. The fourth-order valence-corrected chi connectivity index (χ4v) is 3.51. The molecule has 4 aromatic rings. The molecule has 0 aliphatic heterocycles. The Bertz CT molecular complexity index is 1190. The molecule has 0 unspecified atom stereocenters. The summed E-state index contributed by atoms with van der Waals surface area (Å²) in [4.78, 5) is 13.2. The molecule has 6 nitrogen and oxygen atoms in total. The van der Waals surface area contributed by atoms with Gasteiger partial charge in [0.2, 0.25) is 0 Å². The summed E-state index contributed by atoms with van der Waals surface area (Å²) < 4.78 is 12.6. The summed E-state index contributed by atoms with van der Waals surface area (Å²) >= 11 is 0. The Kier molecular flexibility index (Phi) is 6.51. The van der Waals surface area contributed by atoms with Crippen molar-refractivity contribution in [2.75, 3.05) is 20.8 Å². The van der Waals surface area contributed by atoms with Crippen molar-refractivity contribution in [3.8, 4) is 28.4 Å². The lowest BCUT2D eigenvalue weighted by Gasteiger charge is -2.10. The van der Waals surface area contributed by atoms with Gasteiger partial charge in [0.15, 0.2) is 0 Å². The van der Waals surface area contributed by atoms with Crippen LogP contribution in [-0.4, -0.2) is 36.5 Å². The summed E-state index contributed by atoms with van der Waals surface area (Å²) in [5.74, 6) is 1.07. The molecule has 162 valence electrons. The molecule has 3 aromatic carbocycles. The summed E-state index contributed by atoms with van der Waals surface area (Å²) in [5, 5.41) is 7.76. The quantitative estimate of drug-likeness (QED) is 0.449. The highest BCUT2D eigenvalue weighted by Gasteiger charge is 2.21. The zero-order valence-corrected chi connectivity index (χ0v) is 18.1. The van der Waals surface area contributed by atoms with Gasteiger partial charge >= 0.3 is 0 Å². The highest BCUT2D eigenvalue weighted by Crippen LogP contribution is 2.34. The summed E-state index contributed by atoms with van der Waals surface area (Å²) in [6.45, 7) is 0.526. The number of aromatic nitrogens is 2. The van der Waals surface area contributed by atoms with Gasteiger partial charge in [-0.1, -0.05) is 48.5 Å². The molecule has 0 spiro atoms. The van der Waals surface area contributed by atoms with E-state index in [2.05, 4.69) is 5.32 Å². The Morgan fingerprint density at radius 3 is 2.34 bits per heavy atom. The van der Waals surface area contributed by atoms with E-state index in [0.29, 0.717) is 29.3 Å². The number of methoxy groups -OCH3 is 2. The van der Waals surface area contributed by atoms with Crippen LogP contribution in [0.15, 0.2) is 85.1 Å². The highest BCUT2D eigenvalue weighted by molar-refractivity contribution is 6.00. The molecular formula is C26H25N3O3. The number of carbonyl (C=O) groups is 1. The van der Waals surface area contributed by atoms with E-state index in [-0.39, 0.29) is 5.91 Å². The highest BCUT2D eigenvalue weighted by atomic mass is 16.5. The lowest BCUT2D eigenvalue weighted by molar-refractivity contribution is 0.0955. The molecule has 1 aromatic heterocycles. The van der Waals surface area contributed by atoms with Crippen LogP contribution in [0.5, 0.6) is 11.5 Å². The number of rotatable bonds is 8. The molecule has 0 atom stereocenters. The Balaban J connectivity index is 1.67. The first-order valence-electron chi connectivity index (χ1n) is 10.4. The number of ether oxygens (including phenoxy) is 2. The minimum atomic E-state index is -0.184. The van der Waals surface area contributed by atoms with Gasteiger partial charge in [0, 0.05) is 24.4 Å². The Hall–Kier alpha value is -4.06. The molecule has 6 heteroatoms. The monoisotopic (exact) mass is 427 g/mol. The van der Waals surface area contributed by atoms with Crippen LogP contribution in [0.3, 0.4) is 0 Å². The lowest BCUT2D eigenvalue weighted by Crippen LogP contribution is -2.25. The topological polar surface area (TPSA) is 65.4 Å². The largest absolute Gasteiger partial charge is 0.497 e. The van der Waals surface area contributed by atoms with Crippen LogP contribution in [-0.2, 0) is 6.42 Å². The maximum atomic E-state index is 13.2. The molecule has 1 heterocycles. The number of benzene rings is 3. The van der Waals surface area contributed by atoms with Crippen molar-refractivity contribution in [2.45, 2.75) is 6.42 Å². The van der Waals surface area contributed by atoms with E-state index in [4.69, 9.17) is 14.6 Å². The second kappa shape index (κ2) is 9.83. The zero-order chi connectivity index (χ0) is 22.3. The van der Waals surface area contributed by atoms with Crippen molar-refractivity contribution in [3.63, 3.8) is 0 Å². The van der Waals surface area contributed by atoms with Crippen LogP contribution >= 0.6 is 0 Å². The predicted molar refractivity (Wildman–Crippen MR) is 125 cm³/mol. The molecule has 1 N–H and O–H groups in total. The summed E-state index contributed by atoms with van der Waals surface area (Å²) in [6, 6.07) is 25.2. The van der Waals surface area contributed by atoms with Gasteiger partial charge in [0.05, 0.1) is 25.5 Å². The average Bonchev–Trinajstić information content (AvgIpc) is 3.30. The van der Waals surface area contributed by atoms with Crippen molar-refractivity contribution in [3.05, 3.63) is 96.2 Å². The Labute approximate surface area is 187 Å². The fourth-order valence-electron chi connectivity index (χ4n) is 3.51. The SMILES string of the molecule is COc1ccc(-c2nn(-c3ccccc3)cc2C(=O)NCCc2ccccc2)c(OC)c1. The summed E-state index contributed by atoms with van der Waals surface area (Å²) in [7, 11) is 3.19. The first-order chi connectivity index (χ1) is 15.7. The Morgan fingerprint density at radius 2 is 1.66 bits per heavy atom. The lowest BCUT2D eigenvalue weighted by atomic mass is 10.1. The molecule has 4 rings (SSSR count). The smallest absolute Gasteiger partial charge is 0.255 e. The molecule has 0 saturated carbocycles. The third-order valence-corrected chi connectivity index (χ3v) is 5.19. The molecule has 0 bridgehead atoms. The van der Waals surface area contributed by atoms with Crippen LogP contribution in [0.25, 0.3) is 16.9 Å². The number of hydrogen-bond acceptors (Lipinski definition) is 4. The van der Waals surface area contributed by atoms with Gasteiger partial charge in [-0.15, -0.1) is 0 Å². The van der Waals surface area contributed by atoms with Crippen molar-refractivity contribution >= 4 is 5.91 Å². The first kappa shape index (κ1) is 21.2. The van der Waals surface area contributed by atoms with Crippen molar-refractivity contribution in [1.82, 2.24) is 15.1 Å². The first-order valence-corrected chi connectivity index (χ1v) is 10.4. The van der Waals surface area contributed by atoms with E-state index in [1.165, 1.54) is 5.56 Å². The molecule has 0 saturated heterocycles. The number of amides is 1. The van der Waals surface area contributed by atoms with Crippen LogP contribution < -0.4 is 14.8 Å². The van der Waals surface area contributed by atoms with Gasteiger partial charge in [-0.2, -0.15) is 5.10 Å². The van der Waals surface area contributed by atoms with Gasteiger partial charge in [-0.25, -0.2) is 4.68 Å². The van der Waals surface area contributed by atoms with Gasteiger partial charge in [-0.05, 0) is 36.2 Å². The predicted octanol–water partition coefficient (Wildman–Crippen LogP) is 4.53. The third-order valence-electron chi connectivity index (χ3n) is 5.19. The van der Waals surface area contributed by atoms with E-state index >= 15 is 0 Å². The summed E-state index contributed by atoms with van der Waals surface area (Å²) in [6.07, 6.45) is 2.51. The van der Waals surface area contributed by atoms with E-state index in [1.54, 1.807) is 31.2 Å². The molecular weight excluding hydrogens is 402 g/mol. The van der Waals surface area contributed by atoms with E-state index in [1.807, 2.05) is 72.8 Å². The molecule has 32 heavy (non-hydrogen) atoms. The van der Waals surface area contributed by atoms with E-state index in [9.17, 15) is 4.79 Å². The molecule has 0 aliphatic rings. The minimum Gasteiger partial charge on any atom is -0.497 e. The van der Waals surface area contributed by atoms with Crippen LogP contribution in [0, 0.1) is 0 Å². The second-order valence-electron chi connectivity index (χ2n) is 7.23. The number of nitrogens with one attached hydrogen (secondary N) is 1. The van der Waals surface area contributed by atoms with Gasteiger partial charge in [-0.3, -0.25) is 4.79 Å². The number of nitrogens with zero attached hydrogens (tertiary/aromatic N) is 2. The standard InChI is InChI=1S/C26H25N3O3/c1-31-21-13-14-22(24(17-21)32-2)25-23(18-29(28-25)20-11-7-4-8-12-20)26(30)27-16-15-19-9-5-3-6-10-19/h3-14,17-18H,15-16H2,1-2H3,(H,27,30). The Morgan fingerprint density at radius 1 is 0.938 bits per heavy atom. The minimum absolute atomic E-state index is 0.184. The van der Waals surface area contributed by atoms with Crippen LogP contribution in [0.4, 0.5) is 0 Å². The second-order valence-corrected chi connectivity index (χ2v) is 7.23. The third kappa shape index (κ3) is 4.64. The van der Waals surface area contributed by atoms with Crippen molar-refractivity contribution in [2.24, 2.45) is 0 Å². The molecule has 1 amide bonds. The van der Waals surface area contributed by atoms with Crippen molar-refractivity contribution in [1.29, 1.82) is 0 Å². The summed E-state index contributed by atoms with van der Waals surface area (Å²) in [5.41, 5.74) is 3.78. The van der Waals surface area contributed by atoms with Gasteiger partial charge in [0.25, 0.3) is 5.91 Å². The number of para-hydroxylation sites is 1. The van der Waals surface area contributed by atoms with Crippen LogP contribution in [0.1, 0.15) is 15.9 Å². The van der Waals surface area contributed by atoms with E-state index in [0.717, 1.165) is 17.7 Å². The molecule has 0 aliphatic carbocycles. The average molecular weight is 428 g/mol. The molecule has 0 radical (unpaired) electrons. The number of hydrogen-bond donors (Lipinski definition) is 1. The normalized spacial score (nSPS) is 10.6. The van der Waals surface area contributed by atoms with E-state index < -0.39 is 0 Å². The van der Waals surface area contributed by atoms with Gasteiger partial charge in [0.1, 0.15) is 17.2 Å². The maximum absolute atomic E-state index is 13.2. The maximum Gasteiger partial charge on any atom is 0.255 e. The van der Waals surface area contributed by atoms with Gasteiger partial charge < -0.3 is 14.8 Å². The fraction of sp³-hybridized carbons (Fsp3) is 0.154.